The molecule has 1 aliphatic carbocycles. The van der Waals surface area contributed by atoms with E-state index < -0.39 is 0 Å². The van der Waals surface area contributed by atoms with Crippen molar-refractivity contribution in [3.63, 3.8) is 0 Å². The summed E-state index contributed by atoms with van der Waals surface area (Å²) in [5.41, 5.74) is 1.26. The lowest BCUT2D eigenvalue weighted by atomic mass is 9.96. The lowest BCUT2D eigenvalue weighted by Gasteiger charge is -2.16. The Kier molecular flexibility index (Phi) is 1.64. The minimum Gasteiger partial charge on any atom is -0.253 e. The smallest absolute Gasteiger partial charge is 0.253 e. The van der Waals surface area contributed by atoms with E-state index in [-0.39, 0.29) is 11.8 Å². The van der Waals surface area contributed by atoms with Crippen LogP contribution in [0.2, 0.25) is 0 Å². The van der Waals surface area contributed by atoms with Crippen LogP contribution in [0, 0.1) is 5.92 Å². The summed E-state index contributed by atoms with van der Waals surface area (Å²) in [5.74, 6) is 0.0711. The van der Waals surface area contributed by atoms with Gasteiger partial charge in [0.15, 0.2) is 0 Å². The number of fused-ring (bicyclic) bond motifs is 4. The molecule has 2 aromatic rings. The van der Waals surface area contributed by atoms with Crippen molar-refractivity contribution in [1.29, 1.82) is 0 Å². The first-order valence-corrected chi connectivity index (χ1v) is 5.46. The molecule has 7 nitrogen and oxygen atoms in total. The van der Waals surface area contributed by atoms with E-state index >= 15 is 0 Å². The summed E-state index contributed by atoms with van der Waals surface area (Å²) in [7, 11) is 0. The summed E-state index contributed by atoms with van der Waals surface area (Å²) in [4.78, 5) is 16.9. The van der Waals surface area contributed by atoms with E-state index in [9.17, 15) is 4.79 Å². The molecular formula is C11H7N6O+. The van der Waals surface area contributed by atoms with Crippen molar-refractivity contribution in [3.8, 4) is 0 Å². The Morgan fingerprint density at radius 3 is 3.17 bits per heavy atom. The normalized spacial score (nSPS) is 20.8. The predicted molar refractivity (Wildman–Crippen MR) is 60.5 cm³/mol. The van der Waals surface area contributed by atoms with Gasteiger partial charge in [-0.2, -0.15) is 0 Å². The van der Waals surface area contributed by atoms with Gasteiger partial charge in [0.2, 0.25) is 5.65 Å². The molecule has 2 aromatic heterocycles. The Morgan fingerprint density at radius 2 is 2.22 bits per heavy atom. The summed E-state index contributed by atoms with van der Waals surface area (Å²) >= 11 is 0. The molecule has 86 valence electrons. The van der Waals surface area contributed by atoms with Gasteiger partial charge in [0.05, 0.1) is 5.21 Å². The van der Waals surface area contributed by atoms with E-state index in [4.69, 9.17) is 0 Å². The van der Waals surface area contributed by atoms with Crippen LogP contribution in [0.4, 0.5) is 5.82 Å². The van der Waals surface area contributed by atoms with Crippen molar-refractivity contribution in [2.75, 3.05) is 0 Å². The van der Waals surface area contributed by atoms with Crippen LogP contribution in [0.3, 0.4) is 0 Å². The predicted octanol–water partition coefficient (Wildman–Crippen LogP) is -0.120. The molecular weight excluding hydrogens is 232 g/mol. The molecule has 1 unspecified atom stereocenters. The van der Waals surface area contributed by atoms with Crippen molar-refractivity contribution in [2.24, 2.45) is 10.9 Å². The van der Waals surface area contributed by atoms with E-state index in [1.165, 1.54) is 9.31 Å². The highest BCUT2D eigenvalue weighted by molar-refractivity contribution is 6.12. The molecule has 0 amide bonds. The molecule has 0 aromatic carbocycles. The quantitative estimate of drug-likeness (QED) is 0.600. The van der Waals surface area contributed by atoms with Crippen molar-refractivity contribution in [3.05, 3.63) is 36.4 Å². The van der Waals surface area contributed by atoms with Crippen molar-refractivity contribution in [1.82, 2.24) is 20.2 Å². The van der Waals surface area contributed by atoms with Gasteiger partial charge in [0.1, 0.15) is 16.8 Å². The largest absolute Gasteiger partial charge is 0.322 e. The third kappa shape index (κ3) is 1.07. The highest BCUT2D eigenvalue weighted by Crippen LogP contribution is 2.20. The SMILES string of the molecule is O=C1C2C=CC=CC2=Nc2ccc3nnnn3[n+]21. The third-order valence-corrected chi connectivity index (χ3v) is 2.98. The number of tetrazole rings is 1. The van der Waals surface area contributed by atoms with Crippen molar-refractivity contribution < 1.29 is 9.48 Å². The van der Waals surface area contributed by atoms with Gasteiger partial charge in [-0.25, -0.2) is 0 Å². The number of nitrogens with zero attached hydrogens (tertiary/aromatic N) is 6. The summed E-state index contributed by atoms with van der Waals surface area (Å²) < 4.78 is 2.76. The number of aliphatic imine (C=N–C) groups is 1. The van der Waals surface area contributed by atoms with Crippen LogP contribution in [0.15, 0.2) is 41.4 Å². The van der Waals surface area contributed by atoms with Gasteiger partial charge in [-0.3, -0.25) is 4.79 Å². The molecule has 1 atom stereocenters. The maximum Gasteiger partial charge on any atom is 0.322 e. The molecule has 0 saturated carbocycles. The Balaban J connectivity index is 2.08. The molecule has 0 N–H and O–H groups in total. The number of carbonyl (C=O) groups excluding carboxylic acids is 1. The molecule has 18 heavy (non-hydrogen) atoms. The number of hydrogen-bond donors (Lipinski definition) is 0. The minimum atomic E-state index is -0.359. The van der Waals surface area contributed by atoms with Crippen LogP contribution in [-0.2, 0) is 0 Å². The Hall–Kier alpha value is -2.70. The van der Waals surface area contributed by atoms with Gasteiger partial charge < -0.3 is 0 Å². The number of hydrogen-bond acceptors (Lipinski definition) is 5. The van der Waals surface area contributed by atoms with E-state index in [2.05, 4.69) is 20.5 Å². The van der Waals surface area contributed by atoms with E-state index in [0.717, 1.165) is 5.71 Å². The third-order valence-electron chi connectivity index (χ3n) is 2.98. The van der Waals surface area contributed by atoms with E-state index in [1.54, 1.807) is 12.1 Å². The molecule has 3 heterocycles. The Labute approximate surface area is 101 Å². The van der Waals surface area contributed by atoms with Crippen molar-refractivity contribution in [2.45, 2.75) is 0 Å². The molecule has 0 spiro atoms. The van der Waals surface area contributed by atoms with Crippen LogP contribution in [0.5, 0.6) is 0 Å². The fourth-order valence-electron chi connectivity index (χ4n) is 2.15. The van der Waals surface area contributed by atoms with E-state index in [0.29, 0.717) is 11.5 Å². The van der Waals surface area contributed by atoms with Gasteiger partial charge >= 0.3 is 5.91 Å². The van der Waals surface area contributed by atoms with Crippen LogP contribution in [-0.4, -0.2) is 31.8 Å². The van der Waals surface area contributed by atoms with Crippen LogP contribution in [0.1, 0.15) is 4.79 Å². The summed E-state index contributed by atoms with van der Waals surface area (Å²) in [6.45, 7) is 0. The standard InChI is InChI=1S/C11H7N6O/c18-11-7-3-1-2-4-8(7)12-9-5-6-10-13-14-15-17(10)16(9)11/h1-7H/q+1. The zero-order chi connectivity index (χ0) is 12.1. The first kappa shape index (κ1) is 9.34. The number of allylic oxidation sites excluding steroid dienone is 4. The fraction of sp³-hybridized carbons (Fsp3) is 0.0909. The Bertz CT molecular complexity index is 769. The van der Waals surface area contributed by atoms with E-state index in [1.807, 2.05) is 24.3 Å². The van der Waals surface area contributed by atoms with Gasteiger partial charge in [0.25, 0.3) is 5.82 Å². The molecule has 2 aliphatic rings. The first-order valence-electron chi connectivity index (χ1n) is 5.46. The van der Waals surface area contributed by atoms with Gasteiger partial charge in [-0.05, 0) is 16.8 Å². The number of rotatable bonds is 0. The highest BCUT2D eigenvalue weighted by atomic mass is 16.2. The topological polar surface area (TPSA) is 76.4 Å². The van der Waals surface area contributed by atoms with Crippen LogP contribution < -0.4 is 4.68 Å². The lowest BCUT2D eigenvalue weighted by Crippen LogP contribution is -2.56. The Morgan fingerprint density at radius 1 is 1.28 bits per heavy atom. The van der Waals surface area contributed by atoms with Gasteiger partial charge in [-0.15, -0.1) is 4.99 Å². The zero-order valence-corrected chi connectivity index (χ0v) is 9.13. The van der Waals surface area contributed by atoms with Crippen LogP contribution >= 0.6 is 0 Å². The number of aromatic nitrogens is 5. The monoisotopic (exact) mass is 239 g/mol. The van der Waals surface area contributed by atoms with Gasteiger partial charge in [-0.1, -0.05) is 28.0 Å². The zero-order valence-electron chi connectivity index (χ0n) is 9.13. The molecule has 1 aliphatic heterocycles. The second-order valence-corrected chi connectivity index (χ2v) is 4.03. The minimum absolute atomic E-state index is 0.103. The molecule has 7 heteroatoms. The molecule has 0 fully saturated rings. The second kappa shape index (κ2) is 3.16. The highest BCUT2D eigenvalue weighted by Gasteiger charge is 2.36. The average molecular weight is 239 g/mol. The van der Waals surface area contributed by atoms with Crippen molar-refractivity contribution >= 4 is 23.1 Å². The maximum atomic E-state index is 12.4. The maximum absolute atomic E-state index is 12.4. The molecule has 4 rings (SSSR count). The van der Waals surface area contributed by atoms with Crippen LogP contribution in [0.25, 0.3) is 5.65 Å². The van der Waals surface area contributed by atoms with Gasteiger partial charge in [0, 0.05) is 6.07 Å². The molecule has 0 saturated heterocycles. The fourth-order valence-corrected chi connectivity index (χ4v) is 2.15. The summed E-state index contributed by atoms with van der Waals surface area (Å²) in [5, 5.41) is 11.2. The molecule has 0 bridgehead atoms. The lowest BCUT2D eigenvalue weighted by molar-refractivity contribution is -0.645. The average Bonchev–Trinajstić information content (AvgIpc) is 2.87. The summed E-state index contributed by atoms with van der Waals surface area (Å²) in [6.07, 6.45) is 7.37. The first-order chi connectivity index (χ1) is 8.84. The molecule has 0 radical (unpaired) electrons. The summed E-state index contributed by atoms with van der Waals surface area (Å²) in [6, 6.07) is 3.46. The second-order valence-electron chi connectivity index (χ2n) is 4.03. The number of carbonyl (C=O) groups is 1.